The number of anilines is 1. The fourth-order valence-electron chi connectivity index (χ4n) is 2.65. The van der Waals surface area contributed by atoms with Gasteiger partial charge in [-0.25, -0.2) is 14.2 Å². The van der Waals surface area contributed by atoms with Crippen LogP contribution in [0.15, 0.2) is 59.2 Å². The average Bonchev–Trinajstić information content (AvgIpc) is 2.99. The van der Waals surface area contributed by atoms with Crippen molar-refractivity contribution in [2.45, 2.75) is 13.8 Å². The highest BCUT2D eigenvalue weighted by Crippen LogP contribution is 2.21. The minimum absolute atomic E-state index is 0.191. The molecule has 0 radical (unpaired) electrons. The molecular weight excluding hydrogens is 319 g/mol. The van der Waals surface area contributed by atoms with Crippen LogP contribution < -0.4 is 4.90 Å². The summed E-state index contributed by atoms with van der Waals surface area (Å²) >= 11 is 0. The van der Waals surface area contributed by atoms with Crippen LogP contribution in [0.3, 0.4) is 0 Å². The topological polar surface area (TPSA) is 41.9 Å². The lowest BCUT2D eigenvalue weighted by Gasteiger charge is -2.20. The number of esters is 1. The van der Waals surface area contributed by atoms with Crippen molar-refractivity contribution in [3.05, 3.63) is 71.2 Å². The zero-order valence-corrected chi connectivity index (χ0v) is 14.2. The number of benzene rings is 2. The van der Waals surface area contributed by atoms with E-state index >= 15 is 0 Å². The second-order valence-electron chi connectivity index (χ2n) is 5.61. The molecule has 2 aromatic rings. The first-order chi connectivity index (χ1) is 12.1. The molecule has 0 saturated heterocycles. The summed E-state index contributed by atoms with van der Waals surface area (Å²) in [6.45, 7) is 6.10. The van der Waals surface area contributed by atoms with Gasteiger partial charge in [-0.1, -0.05) is 12.1 Å². The number of aliphatic imine (C=N–C) groups is 1. The van der Waals surface area contributed by atoms with E-state index in [1.165, 1.54) is 24.3 Å². The van der Waals surface area contributed by atoms with Crippen molar-refractivity contribution in [2.75, 3.05) is 18.0 Å². The van der Waals surface area contributed by atoms with Gasteiger partial charge in [-0.3, -0.25) is 0 Å². The first-order valence-electron chi connectivity index (χ1n) is 8.24. The number of hydrogen-bond donors (Lipinski definition) is 0. The minimum Gasteiger partial charge on any atom is -0.402 e. The number of rotatable bonds is 5. The maximum atomic E-state index is 13.0. The molecule has 0 N–H and O–H groups in total. The molecule has 25 heavy (non-hydrogen) atoms. The van der Waals surface area contributed by atoms with Crippen molar-refractivity contribution in [1.29, 1.82) is 0 Å². The van der Waals surface area contributed by atoms with E-state index in [1.54, 1.807) is 6.08 Å². The Morgan fingerprint density at radius 2 is 1.68 bits per heavy atom. The highest BCUT2D eigenvalue weighted by Gasteiger charge is 2.24. The molecule has 1 heterocycles. The summed E-state index contributed by atoms with van der Waals surface area (Å²) in [5.74, 6) is -0.666. The van der Waals surface area contributed by atoms with Crippen LogP contribution in [0.5, 0.6) is 0 Å². The van der Waals surface area contributed by atoms with Crippen LogP contribution in [0.1, 0.15) is 25.0 Å². The maximum absolute atomic E-state index is 13.0. The van der Waals surface area contributed by atoms with Gasteiger partial charge < -0.3 is 9.64 Å². The lowest BCUT2D eigenvalue weighted by molar-refractivity contribution is -0.129. The first kappa shape index (κ1) is 16.9. The van der Waals surface area contributed by atoms with E-state index in [9.17, 15) is 9.18 Å². The number of halogens is 1. The van der Waals surface area contributed by atoms with Crippen molar-refractivity contribution in [3.8, 4) is 0 Å². The molecule has 128 valence electrons. The summed E-state index contributed by atoms with van der Waals surface area (Å²) in [6, 6.07) is 13.6. The van der Waals surface area contributed by atoms with Crippen molar-refractivity contribution >= 4 is 23.6 Å². The Bertz CT molecular complexity index is 820. The van der Waals surface area contributed by atoms with E-state index < -0.39 is 5.97 Å². The number of nitrogens with zero attached hydrogens (tertiary/aromatic N) is 2. The number of carbonyl (C=O) groups is 1. The normalized spacial score (nSPS) is 15.2. The number of ether oxygens (including phenoxy) is 1. The van der Waals surface area contributed by atoms with E-state index in [-0.39, 0.29) is 17.4 Å². The summed E-state index contributed by atoms with van der Waals surface area (Å²) in [5, 5.41) is 0. The van der Waals surface area contributed by atoms with Gasteiger partial charge in [-0.2, -0.15) is 0 Å². The molecule has 0 unspecified atom stereocenters. The van der Waals surface area contributed by atoms with Gasteiger partial charge in [0.2, 0.25) is 5.90 Å². The van der Waals surface area contributed by atoms with Gasteiger partial charge in [0.25, 0.3) is 0 Å². The Morgan fingerprint density at radius 1 is 1.04 bits per heavy atom. The lowest BCUT2D eigenvalue weighted by Crippen LogP contribution is -2.21. The second kappa shape index (κ2) is 7.30. The van der Waals surface area contributed by atoms with Crippen LogP contribution >= 0.6 is 0 Å². The molecule has 1 aliphatic heterocycles. The third-order valence-electron chi connectivity index (χ3n) is 4.04. The van der Waals surface area contributed by atoms with Gasteiger partial charge in [0.15, 0.2) is 5.70 Å². The second-order valence-corrected chi connectivity index (χ2v) is 5.61. The van der Waals surface area contributed by atoms with Crippen LogP contribution in [-0.2, 0) is 9.53 Å². The lowest BCUT2D eigenvalue weighted by atomic mass is 10.1. The number of hydrogen-bond acceptors (Lipinski definition) is 4. The smallest absolute Gasteiger partial charge is 0.363 e. The zero-order valence-electron chi connectivity index (χ0n) is 14.2. The third kappa shape index (κ3) is 3.76. The molecule has 0 aliphatic carbocycles. The van der Waals surface area contributed by atoms with Crippen LogP contribution in [-0.4, -0.2) is 25.0 Å². The Balaban J connectivity index is 1.83. The molecule has 1 aliphatic rings. The molecule has 2 aromatic carbocycles. The molecule has 0 spiro atoms. The van der Waals surface area contributed by atoms with Crippen molar-refractivity contribution in [1.82, 2.24) is 0 Å². The largest absolute Gasteiger partial charge is 0.402 e. The minimum atomic E-state index is -0.507. The summed E-state index contributed by atoms with van der Waals surface area (Å²) in [6.07, 6.45) is 1.69. The molecule has 3 rings (SSSR count). The molecule has 5 heteroatoms. The SMILES string of the molecule is CCN(CC)c1ccc(/C=C2\N=C(c3ccc(F)cc3)OC2=O)cc1. The number of cyclic esters (lactones) is 1. The fraction of sp³-hybridized carbons (Fsp3) is 0.200. The van der Waals surface area contributed by atoms with Crippen LogP contribution in [0.2, 0.25) is 0 Å². The highest BCUT2D eigenvalue weighted by atomic mass is 19.1. The standard InChI is InChI=1S/C20H19FN2O2/c1-3-23(4-2)17-11-5-14(6-12-17)13-18-20(24)25-19(22-18)15-7-9-16(21)10-8-15/h5-13H,3-4H2,1-2H3/b18-13-. The first-order valence-corrected chi connectivity index (χ1v) is 8.24. The Labute approximate surface area is 146 Å². The molecule has 4 nitrogen and oxygen atoms in total. The Kier molecular flexibility index (Phi) is 4.93. The van der Waals surface area contributed by atoms with E-state index in [1.807, 2.05) is 24.3 Å². The maximum Gasteiger partial charge on any atom is 0.363 e. The highest BCUT2D eigenvalue weighted by molar-refractivity contribution is 6.12. The van der Waals surface area contributed by atoms with Gasteiger partial charge in [0.05, 0.1) is 0 Å². The quantitative estimate of drug-likeness (QED) is 0.611. The zero-order chi connectivity index (χ0) is 17.8. The average molecular weight is 338 g/mol. The van der Waals surface area contributed by atoms with Crippen molar-refractivity contribution in [2.24, 2.45) is 4.99 Å². The predicted molar refractivity (Wildman–Crippen MR) is 97.0 cm³/mol. The molecule has 0 fully saturated rings. The summed E-state index contributed by atoms with van der Waals surface area (Å²) in [5.41, 5.74) is 2.80. The van der Waals surface area contributed by atoms with Crippen LogP contribution in [0, 0.1) is 5.82 Å². The molecule has 0 aromatic heterocycles. The number of carbonyl (C=O) groups excluding carboxylic acids is 1. The molecule has 0 saturated carbocycles. The Morgan fingerprint density at radius 3 is 2.28 bits per heavy atom. The van der Waals surface area contributed by atoms with E-state index in [4.69, 9.17) is 4.74 Å². The van der Waals surface area contributed by atoms with E-state index in [0.29, 0.717) is 5.56 Å². The van der Waals surface area contributed by atoms with Gasteiger partial charge in [-0.05, 0) is 61.9 Å². The van der Waals surface area contributed by atoms with E-state index in [2.05, 4.69) is 23.7 Å². The third-order valence-corrected chi connectivity index (χ3v) is 4.04. The fourth-order valence-corrected chi connectivity index (χ4v) is 2.65. The van der Waals surface area contributed by atoms with Crippen molar-refractivity contribution in [3.63, 3.8) is 0 Å². The monoisotopic (exact) mass is 338 g/mol. The predicted octanol–water partition coefficient (Wildman–Crippen LogP) is 4.02. The van der Waals surface area contributed by atoms with E-state index in [0.717, 1.165) is 24.3 Å². The molecule has 0 bridgehead atoms. The van der Waals surface area contributed by atoms with Crippen LogP contribution in [0.4, 0.5) is 10.1 Å². The van der Waals surface area contributed by atoms with Gasteiger partial charge in [0, 0.05) is 24.3 Å². The molecule has 0 amide bonds. The summed E-state index contributed by atoms with van der Waals surface area (Å²) in [4.78, 5) is 18.5. The Hall–Kier alpha value is -2.95. The van der Waals surface area contributed by atoms with Crippen molar-refractivity contribution < 1.29 is 13.9 Å². The van der Waals surface area contributed by atoms with Gasteiger partial charge in [0.1, 0.15) is 5.82 Å². The van der Waals surface area contributed by atoms with Crippen LogP contribution in [0.25, 0.3) is 6.08 Å². The molecular formula is C20H19FN2O2. The summed E-state index contributed by atoms with van der Waals surface area (Å²) in [7, 11) is 0. The van der Waals surface area contributed by atoms with Gasteiger partial charge >= 0.3 is 5.97 Å². The van der Waals surface area contributed by atoms with Gasteiger partial charge in [-0.15, -0.1) is 0 Å². The summed E-state index contributed by atoms with van der Waals surface area (Å²) < 4.78 is 18.2. The molecule has 0 atom stereocenters.